The zero-order valence-electron chi connectivity index (χ0n) is 9.21. The summed E-state index contributed by atoms with van der Waals surface area (Å²) >= 11 is 5.73. The van der Waals surface area contributed by atoms with Crippen LogP contribution in [-0.4, -0.2) is 30.7 Å². The Morgan fingerprint density at radius 2 is 2.22 bits per heavy atom. The molecule has 1 heterocycles. The number of hydrogen-bond donors (Lipinski definition) is 2. The SMILES string of the molecule is COc1n[nH]c(NS(=O)(=O)c2cccc(Cl)c2)n1. The number of halogens is 1. The number of ether oxygens (including phenoxy) is 1. The van der Waals surface area contributed by atoms with Crippen LogP contribution < -0.4 is 9.46 Å². The van der Waals surface area contributed by atoms with Crippen LogP contribution in [-0.2, 0) is 10.0 Å². The topological polar surface area (TPSA) is 97.0 Å². The summed E-state index contributed by atoms with van der Waals surface area (Å²) < 4.78 is 30.9. The first-order chi connectivity index (χ1) is 8.51. The Kier molecular flexibility index (Phi) is 3.39. The fraction of sp³-hybridized carbons (Fsp3) is 0.111. The third-order valence-corrected chi connectivity index (χ3v) is 3.56. The summed E-state index contributed by atoms with van der Waals surface area (Å²) in [6, 6.07) is 5.91. The van der Waals surface area contributed by atoms with Crippen LogP contribution in [0.5, 0.6) is 6.01 Å². The molecular formula is C9H9ClN4O3S. The zero-order valence-corrected chi connectivity index (χ0v) is 10.8. The van der Waals surface area contributed by atoms with Crippen molar-refractivity contribution in [3.8, 4) is 6.01 Å². The second-order valence-corrected chi connectivity index (χ2v) is 5.35. The predicted molar refractivity (Wildman–Crippen MR) is 65.2 cm³/mol. The van der Waals surface area contributed by atoms with E-state index in [0.717, 1.165) is 0 Å². The smallest absolute Gasteiger partial charge is 0.336 e. The Labute approximate surface area is 108 Å². The molecule has 0 aliphatic carbocycles. The molecule has 1 aromatic heterocycles. The maximum Gasteiger partial charge on any atom is 0.336 e. The second kappa shape index (κ2) is 4.83. The molecule has 0 atom stereocenters. The first kappa shape index (κ1) is 12.7. The third-order valence-electron chi connectivity index (χ3n) is 1.98. The lowest BCUT2D eigenvalue weighted by molar-refractivity contribution is 0.382. The number of nitrogens with one attached hydrogen (secondary N) is 2. The van der Waals surface area contributed by atoms with Gasteiger partial charge < -0.3 is 4.74 Å². The third kappa shape index (κ3) is 2.71. The molecule has 0 spiro atoms. The van der Waals surface area contributed by atoms with Crippen molar-refractivity contribution in [3.63, 3.8) is 0 Å². The number of aromatic amines is 1. The number of anilines is 1. The number of sulfonamides is 1. The summed E-state index contributed by atoms with van der Waals surface area (Å²) in [5, 5.41) is 6.33. The van der Waals surface area contributed by atoms with Gasteiger partial charge in [0.05, 0.1) is 12.0 Å². The van der Waals surface area contributed by atoms with Gasteiger partial charge >= 0.3 is 6.01 Å². The minimum Gasteiger partial charge on any atom is -0.466 e. The molecule has 18 heavy (non-hydrogen) atoms. The first-order valence-corrected chi connectivity index (χ1v) is 6.62. The van der Waals surface area contributed by atoms with Crippen LogP contribution >= 0.6 is 11.6 Å². The Morgan fingerprint density at radius 3 is 2.83 bits per heavy atom. The molecule has 0 saturated heterocycles. The molecule has 0 unspecified atom stereocenters. The lowest BCUT2D eigenvalue weighted by Crippen LogP contribution is -2.13. The Morgan fingerprint density at radius 1 is 1.44 bits per heavy atom. The number of hydrogen-bond acceptors (Lipinski definition) is 5. The summed E-state index contributed by atoms with van der Waals surface area (Å²) in [6.07, 6.45) is 0. The minimum absolute atomic E-state index is 0.0327. The highest BCUT2D eigenvalue weighted by Gasteiger charge is 2.16. The lowest BCUT2D eigenvalue weighted by Gasteiger charge is -2.04. The molecule has 0 saturated carbocycles. The molecule has 0 amide bonds. The fourth-order valence-electron chi connectivity index (χ4n) is 1.20. The highest BCUT2D eigenvalue weighted by Crippen LogP contribution is 2.18. The fourth-order valence-corrected chi connectivity index (χ4v) is 2.46. The normalized spacial score (nSPS) is 11.2. The number of nitrogens with zero attached hydrogens (tertiary/aromatic N) is 2. The summed E-state index contributed by atoms with van der Waals surface area (Å²) in [5.74, 6) is -0.0353. The monoisotopic (exact) mass is 288 g/mol. The van der Waals surface area contributed by atoms with Gasteiger partial charge in [-0.25, -0.2) is 18.2 Å². The Bertz CT molecular complexity index is 655. The predicted octanol–water partition coefficient (Wildman–Crippen LogP) is 1.27. The standard InChI is InChI=1S/C9H9ClN4O3S/c1-17-9-11-8(12-13-9)14-18(15,16)7-4-2-3-6(10)5-7/h2-5H,1H3,(H2,11,12,13,14). The summed E-state index contributed by atoms with van der Waals surface area (Å²) in [4.78, 5) is 3.78. The van der Waals surface area contributed by atoms with Crippen LogP contribution in [0.2, 0.25) is 5.02 Å². The molecule has 0 bridgehead atoms. The van der Waals surface area contributed by atoms with E-state index in [1.807, 2.05) is 0 Å². The second-order valence-electron chi connectivity index (χ2n) is 3.23. The summed E-state index contributed by atoms with van der Waals surface area (Å²) in [5.41, 5.74) is 0. The maximum absolute atomic E-state index is 12.0. The van der Waals surface area contributed by atoms with Gasteiger partial charge in [0.1, 0.15) is 0 Å². The molecule has 0 aliphatic heterocycles. The van der Waals surface area contributed by atoms with Gasteiger partial charge in [-0.15, -0.1) is 5.10 Å². The van der Waals surface area contributed by atoms with Crippen molar-refractivity contribution in [2.75, 3.05) is 11.8 Å². The summed E-state index contributed by atoms with van der Waals surface area (Å²) in [6.45, 7) is 0. The number of benzene rings is 1. The molecule has 2 aromatic rings. The number of aromatic nitrogens is 3. The minimum atomic E-state index is -3.75. The van der Waals surface area contributed by atoms with Crippen molar-refractivity contribution in [1.82, 2.24) is 15.2 Å². The van der Waals surface area contributed by atoms with E-state index in [1.165, 1.54) is 25.3 Å². The molecule has 7 nitrogen and oxygen atoms in total. The highest BCUT2D eigenvalue weighted by molar-refractivity contribution is 7.92. The Balaban J connectivity index is 2.27. The quantitative estimate of drug-likeness (QED) is 0.883. The van der Waals surface area contributed by atoms with Crippen molar-refractivity contribution in [1.29, 1.82) is 0 Å². The van der Waals surface area contributed by atoms with Crippen LogP contribution in [0, 0.1) is 0 Å². The van der Waals surface area contributed by atoms with Gasteiger partial charge in [-0.3, -0.25) is 0 Å². The molecule has 9 heteroatoms. The molecule has 2 rings (SSSR count). The van der Waals surface area contributed by atoms with Crippen LogP contribution in [0.3, 0.4) is 0 Å². The number of rotatable bonds is 4. The first-order valence-electron chi connectivity index (χ1n) is 4.76. The van der Waals surface area contributed by atoms with Gasteiger partial charge in [0.2, 0.25) is 5.95 Å². The van der Waals surface area contributed by atoms with Gasteiger partial charge in [0.15, 0.2) is 0 Å². The van der Waals surface area contributed by atoms with E-state index in [0.29, 0.717) is 5.02 Å². The van der Waals surface area contributed by atoms with Gasteiger partial charge in [0, 0.05) is 5.02 Å². The van der Waals surface area contributed by atoms with Crippen molar-refractivity contribution in [2.24, 2.45) is 0 Å². The molecule has 1 aromatic carbocycles. The molecular weight excluding hydrogens is 280 g/mol. The molecule has 0 aliphatic rings. The molecule has 2 N–H and O–H groups in total. The molecule has 0 fully saturated rings. The van der Waals surface area contributed by atoms with E-state index in [2.05, 4.69) is 19.9 Å². The van der Waals surface area contributed by atoms with Crippen LogP contribution in [0.25, 0.3) is 0 Å². The largest absolute Gasteiger partial charge is 0.466 e. The zero-order chi connectivity index (χ0) is 13.2. The molecule has 0 radical (unpaired) electrons. The number of H-pyrrole nitrogens is 1. The van der Waals surface area contributed by atoms with Crippen LogP contribution in [0.15, 0.2) is 29.2 Å². The van der Waals surface area contributed by atoms with Crippen LogP contribution in [0.1, 0.15) is 0 Å². The van der Waals surface area contributed by atoms with Crippen molar-refractivity contribution in [2.45, 2.75) is 4.90 Å². The van der Waals surface area contributed by atoms with Crippen molar-refractivity contribution >= 4 is 27.6 Å². The van der Waals surface area contributed by atoms with Gasteiger partial charge in [0.25, 0.3) is 10.0 Å². The van der Waals surface area contributed by atoms with E-state index in [4.69, 9.17) is 16.3 Å². The average Bonchev–Trinajstić information content (AvgIpc) is 2.76. The Hall–Kier alpha value is -1.80. The highest BCUT2D eigenvalue weighted by atomic mass is 35.5. The van der Waals surface area contributed by atoms with Gasteiger partial charge in [-0.1, -0.05) is 17.7 Å². The lowest BCUT2D eigenvalue weighted by atomic mass is 10.4. The number of methoxy groups -OCH3 is 1. The van der Waals surface area contributed by atoms with Gasteiger partial charge in [-0.05, 0) is 18.2 Å². The van der Waals surface area contributed by atoms with E-state index >= 15 is 0 Å². The van der Waals surface area contributed by atoms with Gasteiger partial charge in [-0.2, -0.15) is 4.98 Å². The van der Waals surface area contributed by atoms with E-state index in [1.54, 1.807) is 6.07 Å². The van der Waals surface area contributed by atoms with E-state index in [9.17, 15) is 8.42 Å². The maximum atomic E-state index is 12.0. The van der Waals surface area contributed by atoms with Crippen molar-refractivity contribution in [3.05, 3.63) is 29.3 Å². The van der Waals surface area contributed by atoms with E-state index in [-0.39, 0.29) is 16.9 Å². The van der Waals surface area contributed by atoms with Crippen molar-refractivity contribution < 1.29 is 13.2 Å². The van der Waals surface area contributed by atoms with E-state index < -0.39 is 10.0 Å². The average molecular weight is 289 g/mol. The van der Waals surface area contributed by atoms with Crippen LogP contribution in [0.4, 0.5) is 5.95 Å². The molecule has 96 valence electrons. The summed E-state index contributed by atoms with van der Waals surface area (Å²) in [7, 11) is -2.38.